The zero-order valence-electron chi connectivity index (χ0n) is 18.5. The molecule has 0 radical (unpaired) electrons. The number of fused-ring (bicyclic) bond motifs is 1. The van der Waals surface area contributed by atoms with Gasteiger partial charge in [0.25, 0.3) is 15.9 Å². The lowest BCUT2D eigenvalue weighted by Gasteiger charge is -2.22. The summed E-state index contributed by atoms with van der Waals surface area (Å²) in [5.41, 5.74) is 1.86. The molecule has 1 N–H and O–H groups in total. The number of rotatable bonds is 7. The van der Waals surface area contributed by atoms with Crippen LogP contribution in [0.2, 0.25) is 0 Å². The largest absolute Gasteiger partial charge is 0.486 e. The topological polar surface area (TPSA) is 84.9 Å². The molecule has 0 bridgehead atoms. The van der Waals surface area contributed by atoms with E-state index < -0.39 is 10.0 Å². The SMILES string of the molecule is CCC(NC(=O)c1ccc(S(=O)(=O)N(C)c2ccccc2)cc1)c1ccc2c(c1)OCCO2. The minimum absolute atomic E-state index is 0.115. The second-order valence-electron chi connectivity index (χ2n) is 7.67. The van der Waals surface area contributed by atoms with E-state index in [9.17, 15) is 13.2 Å². The van der Waals surface area contributed by atoms with Gasteiger partial charge < -0.3 is 14.8 Å². The van der Waals surface area contributed by atoms with E-state index in [0.717, 1.165) is 5.56 Å². The van der Waals surface area contributed by atoms with E-state index in [2.05, 4.69) is 5.32 Å². The highest BCUT2D eigenvalue weighted by atomic mass is 32.2. The summed E-state index contributed by atoms with van der Waals surface area (Å²) in [6.45, 7) is 3.00. The highest BCUT2D eigenvalue weighted by Gasteiger charge is 2.22. The Morgan fingerprint density at radius 3 is 2.30 bits per heavy atom. The third kappa shape index (κ3) is 4.80. The lowest BCUT2D eigenvalue weighted by Crippen LogP contribution is -2.29. The van der Waals surface area contributed by atoms with Crippen molar-refractivity contribution in [1.82, 2.24) is 5.32 Å². The molecule has 33 heavy (non-hydrogen) atoms. The maximum Gasteiger partial charge on any atom is 0.264 e. The van der Waals surface area contributed by atoms with Gasteiger partial charge in [0.15, 0.2) is 11.5 Å². The van der Waals surface area contributed by atoms with Crippen LogP contribution < -0.4 is 19.1 Å². The Kier molecular flexibility index (Phi) is 6.55. The van der Waals surface area contributed by atoms with Crippen LogP contribution in [0.25, 0.3) is 0 Å². The molecule has 3 aromatic carbocycles. The predicted octanol–water partition coefficient (Wildman–Crippen LogP) is 4.16. The first-order valence-electron chi connectivity index (χ1n) is 10.7. The average Bonchev–Trinajstić information content (AvgIpc) is 2.87. The van der Waals surface area contributed by atoms with Gasteiger partial charge in [0.05, 0.1) is 16.6 Å². The van der Waals surface area contributed by atoms with E-state index in [1.807, 2.05) is 31.2 Å². The van der Waals surface area contributed by atoms with Crippen molar-refractivity contribution < 1.29 is 22.7 Å². The zero-order valence-corrected chi connectivity index (χ0v) is 19.3. The van der Waals surface area contributed by atoms with Crippen LogP contribution in [0.5, 0.6) is 11.5 Å². The zero-order chi connectivity index (χ0) is 23.4. The number of nitrogens with one attached hydrogen (secondary N) is 1. The molecule has 0 saturated carbocycles. The normalized spacial score (nSPS) is 13.8. The van der Waals surface area contributed by atoms with Gasteiger partial charge in [-0.3, -0.25) is 9.10 Å². The van der Waals surface area contributed by atoms with Crippen molar-refractivity contribution in [2.75, 3.05) is 24.6 Å². The summed E-state index contributed by atoms with van der Waals surface area (Å²) in [6.07, 6.45) is 0.680. The summed E-state index contributed by atoms with van der Waals surface area (Å²) in [4.78, 5) is 13.0. The van der Waals surface area contributed by atoms with Crippen LogP contribution in [0, 0.1) is 0 Å². The van der Waals surface area contributed by atoms with Gasteiger partial charge in [0.1, 0.15) is 13.2 Å². The fraction of sp³-hybridized carbons (Fsp3) is 0.240. The number of para-hydroxylation sites is 1. The van der Waals surface area contributed by atoms with Gasteiger partial charge in [0.2, 0.25) is 0 Å². The van der Waals surface area contributed by atoms with Gasteiger partial charge in [-0.25, -0.2) is 8.42 Å². The standard InChI is InChI=1S/C25H26N2O5S/c1-3-22(19-11-14-23-24(17-19)32-16-15-31-23)26-25(28)18-9-12-21(13-10-18)33(29,30)27(2)20-7-5-4-6-8-20/h4-14,17,22H,3,15-16H2,1-2H3,(H,26,28). The molecule has 1 aliphatic heterocycles. The van der Waals surface area contributed by atoms with Gasteiger partial charge in [-0.1, -0.05) is 31.2 Å². The first kappa shape index (κ1) is 22.7. The van der Waals surface area contributed by atoms with Crippen LogP contribution in [-0.2, 0) is 10.0 Å². The van der Waals surface area contributed by atoms with Crippen LogP contribution in [0.1, 0.15) is 35.3 Å². The molecule has 0 aromatic heterocycles. The lowest BCUT2D eigenvalue weighted by atomic mass is 10.0. The molecule has 0 aliphatic carbocycles. The molecule has 4 rings (SSSR count). The number of carbonyl (C=O) groups is 1. The van der Waals surface area contributed by atoms with Crippen LogP contribution in [0.15, 0.2) is 77.7 Å². The number of anilines is 1. The van der Waals surface area contributed by atoms with Crippen molar-refractivity contribution in [3.05, 3.63) is 83.9 Å². The summed E-state index contributed by atoms with van der Waals surface area (Å²) < 4.78 is 38.3. The maximum absolute atomic E-state index is 12.9. The van der Waals surface area contributed by atoms with E-state index in [1.54, 1.807) is 24.3 Å². The number of ether oxygens (including phenoxy) is 2. The van der Waals surface area contributed by atoms with Crippen molar-refractivity contribution >= 4 is 21.6 Å². The van der Waals surface area contributed by atoms with Gasteiger partial charge in [-0.15, -0.1) is 0 Å². The summed E-state index contributed by atoms with van der Waals surface area (Å²) in [6, 6.07) is 20.2. The minimum atomic E-state index is -3.74. The molecule has 1 heterocycles. The molecule has 7 nitrogen and oxygen atoms in total. The summed E-state index contributed by atoms with van der Waals surface area (Å²) in [7, 11) is -2.23. The number of nitrogens with zero attached hydrogens (tertiary/aromatic N) is 1. The van der Waals surface area contributed by atoms with Gasteiger partial charge in [0, 0.05) is 12.6 Å². The Balaban J connectivity index is 1.49. The fourth-order valence-electron chi connectivity index (χ4n) is 3.65. The van der Waals surface area contributed by atoms with Gasteiger partial charge >= 0.3 is 0 Å². The Morgan fingerprint density at radius 1 is 0.970 bits per heavy atom. The highest BCUT2D eigenvalue weighted by Crippen LogP contribution is 2.33. The highest BCUT2D eigenvalue weighted by molar-refractivity contribution is 7.92. The molecule has 1 atom stereocenters. The van der Waals surface area contributed by atoms with Crippen LogP contribution in [0.4, 0.5) is 5.69 Å². The van der Waals surface area contributed by atoms with Gasteiger partial charge in [-0.2, -0.15) is 0 Å². The summed E-state index contributed by atoms with van der Waals surface area (Å²) in [5.74, 6) is 1.09. The molecule has 1 unspecified atom stereocenters. The maximum atomic E-state index is 12.9. The van der Waals surface area contributed by atoms with E-state index in [-0.39, 0.29) is 16.8 Å². The number of hydrogen-bond acceptors (Lipinski definition) is 5. The van der Waals surface area contributed by atoms with E-state index in [0.29, 0.717) is 42.4 Å². The van der Waals surface area contributed by atoms with Crippen LogP contribution in [0.3, 0.4) is 0 Å². The Labute approximate surface area is 194 Å². The number of sulfonamides is 1. The molecule has 0 fully saturated rings. The average molecular weight is 467 g/mol. The Morgan fingerprint density at radius 2 is 1.64 bits per heavy atom. The number of benzene rings is 3. The van der Waals surface area contributed by atoms with E-state index in [1.165, 1.54) is 35.6 Å². The smallest absolute Gasteiger partial charge is 0.264 e. The summed E-state index contributed by atoms with van der Waals surface area (Å²) >= 11 is 0. The van der Waals surface area contributed by atoms with Crippen molar-refractivity contribution in [3.63, 3.8) is 0 Å². The van der Waals surface area contributed by atoms with Crippen LogP contribution in [-0.4, -0.2) is 34.6 Å². The van der Waals surface area contributed by atoms with Crippen LogP contribution >= 0.6 is 0 Å². The molecule has 0 spiro atoms. The molecule has 8 heteroatoms. The lowest BCUT2D eigenvalue weighted by molar-refractivity contribution is 0.0935. The second-order valence-corrected chi connectivity index (χ2v) is 9.64. The molecule has 172 valence electrons. The minimum Gasteiger partial charge on any atom is -0.486 e. The van der Waals surface area contributed by atoms with Crippen molar-refractivity contribution in [1.29, 1.82) is 0 Å². The van der Waals surface area contributed by atoms with Crippen molar-refractivity contribution in [3.8, 4) is 11.5 Å². The first-order valence-corrected chi connectivity index (χ1v) is 12.2. The Bertz CT molecular complexity index is 1230. The second kappa shape index (κ2) is 9.54. The summed E-state index contributed by atoms with van der Waals surface area (Å²) in [5, 5.41) is 3.02. The van der Waals surface area contributed by atoms with E-state index in [4.69, 9.17) is 9.47 Å². The van der Waals surface area contributed by atoms with Gasteiger partial charge in [-0.05, 0) is 60.5 Å². The molecule has 1 amide bonds. The molecule has 1 aliphatic rings. The quantitative estimate of drug-likeness (QED) is 0.565. The molecule has 0 saturated heterocycles. The number of hydrogen-bond donors (Lipinski definition) is 1. The van der Waals surface area contributed by atoms with Crippen molar-refractivity contribution in [2.24, 2.45) is 0 Å². The molecular formula is C25H26N2O5S. The Hall–Kier alpha value is -3.52. The third-order valence-electron chi connectivity index (χ3n) is 5.58. The number of carbonyl (C=O) groups excluding carboxylic acids is 1. The monoisotopic (exact) mass is 466 g/mol. The number of amides is 1. The first-order chi connectivity index (χ1) is 15.9. The molecular weight excluding hydrogens is 440 g/mol. The van der Waals surface area contributed by atoms with E-state index >= 15 is 0 Å². The fourth-order valence-corrected chi connectivity index (χ4v) is 4.85. The molecule has 3 aromatic rings. The third-order valence-corrected chi connectivity index (χ3v) is 7.38. The van der Waals surface area contributed by atoms with Crippen molar-refractivity contribution in [2.45, 2.75) is 24.3 Å². The predicted molar refractivity (Wildman–Crippen MR) is 126 cm³/mol.